The summed E-state index contributed by atoms with van der Waals surface area (Å²) in [6.45, 7) is 1.92. The van der Waals surface area contributed by atoms with Gasteiger partial charge in [-0.05, 0) is 48.4 Å². The van der Waals surface area contributed by atoms with Gasteiger partial charge in [0.15, 0.2) is 0 Å². The summed E-state index contributed by atoms with van der Waals surface area (Å²) in [7, 11) is 0. The average molecular weight is 404 g/mol. The van der Waals surface area contributed by atoms with E-state index >= 15 is 0 Å². The SMILES string of the molecule is Cc1ccc(C2=C(Nc3cccc(F)c3)C(=O)N(Cc3ccc(F)cc3)C2=O)cc1. The Labute approximate surface area is 172 Å². The fourth-order valence-electron chi connectivity index (χ4n) is 3.31. The van der Waals surface area contributed by atoms with Crippen molar-refractivity contribution in [2.45, 2.75) is 13.5 Å². The minimum atomic E-state index is -0.524. The molecular formula is C24H18F2N2O2. The molecule has 3 aromatic carbocycles. The highest BCUT2D eigenvalue weighted by molar-refractivity contribution is 6.36. The van der Waals surface area contributed by atoms with Crippen molar-refractivity contribution in [1.82, 2.24) is 4.90 Å². The summed E-state index contributed by atoms with van der Waals surface area (Å²) >= 11 is 0. The number of hydrogen-bond acceptors (Lipinski definition) is 3. The van der Waals surface area contributed by atoms with Gasteiger partial charge in [0.05, 0.1) is 12.1 Å². The first kappa shape index (κ1) is 19.5. The summed E-state index contributed by atoms with van der Waals surface area (Å²) in [6.07, 6.45) is 0. The smallest absolute Gasteiger partial charge is 0.278 e. The van der Waals surface area contributed by atoms with E-state index in [9.17, 15) is 18.4 Å². The number of anilines is 1. The second-order valence-electron chi connectivity index (χ2n) is 7.07. The van der Waals surface area contributed by atoms with Crippen LogP contribution in [-0.4, -0.2) is 16.7 Å². The Morgan fingerprint density at radius 1 is 0.833 bits per heavy atom. The molecule has 0 bridgehead atoms. The molecule has 0 atom stereocenters. The Kier molecular flexibility index (Phi) is 5.14. The van der Waals surface area contributed by atoms with Crippen molar-refractivity contribution in [3.63, 3.8) is 0 Å². The molecule has 0 fully saturated rings. The molecule has 4 rings (SSSR count). The quantitative estimate of drug-likeness (QED) is 0.629. The van der Waals surface area contributed by atoms with Crippen LogP contribution in [0.25, 0.3) is 5.57 Å². The highest BCUT2D eigenvalue weighted by Crippen LogP contribution is 2.31. The van der Waals surface area contributed by atoms with Crippen LogP contribution < -0.4 is 5.32 Å². The van der Waals surface area contributed by atoms with Gasteiger partial charge >= 0.3 is 0 Å². The van der Waals surface area contributed by atoms with E-state index in [-0.39, 0.29) is 17.8 Å². The molecule has 0 spiro atoms. The molecule has 3 aromatic rings. The molecule has 0 aromatic heterocycles. The van der Waals surface area contributed by atoms with Crippen LogP contribution in [0.1, 0.15) is 16.7 Å². The van der Waals surface area contributed by atoms with Crippen LogP contribution >= 0.6 is 0 Å². The molecule has 0 unspecified atom stereocenters. The third-order valence-corrected chi connectivity index (χ3v) is 4.86. The number of aryl methyl sites for hydroxylation is 1. The molecule has 6 heteroatoms. The van der Waals surface area contributed by atoms with Crippen LogP contribution in [0.5, 0.6) is 0 Å². The van der Waals surface area contributed by atoms with Gasteiger partial charge in [-0.25, -0.2) is 8.78 Å². The van der Waals surface area contributed by atoms with Crippen molar-refractivity contribution >= 4 is 23.1 Å². The zero-order chi connectivity index (χ0) is 21.3. The Morgan fingerprint density at radius 3 is 2.20 bits per heavy atom. The number of carbonyl (C=O) groups excluding carboxylic acids is 2. The molecule has 2 amide bonds. The highest BCUT2D eigenvalue weighted by atomic mass is 19.1. The maximum absolute atomic E-state index is 13.6. The van der Waals surface area contributed by atoms with Gasteiger partial charge in [-0.3, -0.25) is 14.5 Å². The lowest BCUT2D eigenvalue weighted by molar-refractivity contribution is -0.137. The minimum Gasteiger partial charge on any atom is -0.350 e. The van der Waals surface area contributed by atoms with Gasteiger partial charge in [-0.15, -0.1) is 0 Å². The van der Waals surface area contributed by atoms with Gasteiger partial charge in [0.25, 0.3) is 11.8 Å². The standard InChI is InChI=1S/C24H18F2N2O2/c1-15-5-9-17(10-6-15)21-22(27-20-4-2-3-19(26)13-20)24(30)28(23(21)29)14-16-7-11-18(25)12-8-16/h2-13,27H,14H2,1H3. The molecule has 0 radical (unpaired) electrons. The molecule has 1 heterocycles. The second kappa shape index (κ2) is 7.91. The lowest BCUT2D eigenvalue weighted by atomic mass is 10.0. The van der Waals surface area contributed by atoms with Gasteiger partial charge in [0.1, 0.15) is 17.3 Å². The lowest BCUT2D eigenvalue weighted by Crippen LogP contribution is -2.32. The van der Waals surface area contributed by atoms with Crippen molar-refractivity contribution in [1.29, 1.82) is 0 Å². The first-order chi connectivity index (χ1) is 14.4. The summed E-state index contributed by atoms with van der Waals surface area (Å²) in [4.78, 5) is 27.4. The monoisotopic (exact) mass is 404 g/mol. The van der Waals surface area contributed by atoms with Gasteiger partial charge in [-0.1, -0.05) is 48.0 Å². The number of rotatable bonds is 5. The first-order valence-corrected chi connectivity index (χ1v) is 9.37. The van der Waals surface area contributed by atoms with Gasteiger partial charge in [0.2, 0.25) is 0 Å². The minimum absolute atomic E-state index is 0.00163. The van der Waals surface area contributed by atoms with Gasteiger partial charge < -0.3 is 5.32 Å². The van der Waals surface area contributed by atoms with E-state index in [0.717, 1.165) is 10.5 Å². The largest absolute Gasteiger partial charge is 0.350 e. The number of nitrogens with zero attached hydrogens (tertiary/aromatic N) is 1. The Morgan fingerprint density at radius 2 is 1.53 bits per heavy atom. The Balaban J connectivity index is 1.73. The summed E-state index contributed by atoms with van der Waals surface area (Å²) < 4.78 is 26.8. The first-order valence-electron chi connectivity index (χ1n) is 9.37. The predicted octanol–water partition coefficient (Wildman–Crippen LogP) is 4.67. The van der Waals surface area contributed by atoms with E-state index in [1.807, 2.05) is 19.1 Å². The van der Waals surface area contributed by atoms with E-state index in [4.69, 9.17) is 0 Å². The van der Waals surface area contributed by atoms with Crippen LogP contribution in [0.15, 0.2) is 78.5 Å². The van der Waals surface area contributed by atoms with Crippen molar-refractivity contribution < 1.29 is 18.4 Å². The lowest BCUT2D eigenvalue weighted by Gasteiger charge is -2.15. The van der Waals surface area contributed by atoms with Crippen LogP contribution in [0.4, 0.5) is 14.5 Å². The zero-order valence-corrected chi connectivity index (χ0v) is 16.2. The van der Waals surface area contributed by atoms with Crippen LogP contribution in [-0.2, 0) is 16.1 Å². The Bertz CT molecular complexity index is 1150. The molecular weight excluding hydrogens is 386 g/mol. The molecule has 1 N–H and O–H groups in total. The van der Waals surface area contributed by atoms with Crippen molar-refractivity contribution in [3.8, 4) is 0 Å². The number of carbonyl (C=O) groups is 2. The van der Waals surface area contributed by atoms with E-state index < -0.39 is 23.4 Å². The maximum atomic E-state index is 13.6. The molecule has 1 aliphatic rings. The number of nitrogens with one attached hydrogen (secondary N) is 1. The van der Waals surface area contributed by atoms with Crippen molar-refractivity contribution in [2.24, 2.45) is 0 Å². The number of halogens is 2. The number of benzene rings is 3. The molecule has 4 nitrogen and oxygen atoms in total. The van der Waals surface area contributed by atoms with E-state index in [2.05, 4.69) is 5.32 Å². The van der Waals surface area contributed by atoms with Crippen molar-refractivity contribution in [2.75, 3.05) is 5.32 Å². The Hall–Kier alpha value is -3.80. The second-order valence-corrected chi connectivity index (χ2v) is 7.07. The summed E-state index contributed by atoms with van der Waals surface area (Å²) in [6, 6.07) is 18.5. The highest BCUT2D eigenvalue weighted by Gasteiger charge is 2.39. The predicted molar refractivity (Wildman–Crippen MR) is 110 cm³/mol. The van der Waals surface area contributed by atoms with Gasteiger partial charge in [0, 0.05) is 5.69 Å². The fraction of sp³-hybridized carbons (Fsp3) is 0.0833. The summed E-state index contributed by atoms with van der Waals surface area (Å²) in [5, 5.41) is 2.92. The summed E-state index contributed by atoms with van der Waals surface area (Å²) in [5.41, 5.74) is 2.87. The molecule has 0 aliphatic carbocycles. The maximum Gasteiger partial charge on any atom is 0.278 e. The van der Waals surface area contributed by atoms with Crippen molar-refractivity contribution in [3.05, 3.63) is 107 Å². The number of hydrogen-bond donors (Lipinski definition) is 1. The third-order valence-electron chi connectivity index (χ3n) is 4.86. The molecule has 0 saturated carbocycles. The summed E-state index contributed by atoms with van der Waals surface area (Å²) in [5.74, 6) is -1.85. The van der Waals surface area contributed by atoms with E-state index in [1.165, 1.54) is 42.5 Å². The molecule has 150 valence electrons. The molecule has 0 saturated heterocycles. The third kappa shape index (κ3) is 3.85. The molecule has 1 aliphatic heterocycles. The van der Waals surface area contributed by atoms with Crippen LogP contribution in [0.3, 0.4) is 0 Å². The normalized spacial score (nSPS) is 13.9. The topological polar surface area (TPSA) is 49.4 Å². The fourth-order valence-corrected chi connectivity index (χ4v) is 3.31. The van der Waals surface area contributed by atoms with E-state index in [0.29, 0.717) is 16.8 Å². The number of amides is 2. The van der Waals surface area contributed by atoms with Gasteiger partial charge in [-0.2, -0.15) is 0 Å². The number of imide groups is 1. The molecule has 30 heavy (non-hydrogen) atoms. The average Bonchev–Trinajstić information content (AvgIpc) is 2.95. The van der Waals surface area contributed by atoms with E-state index in [1.54, 1.807) is 18.2 Å². The zero-order valence-electron chi connectivity index (χ0n) is 16.2. The van der Waals surface area contributed by atoms with Crippen LogP contribution in [0, 0.1) is 18.6 Å². The van der Waals surface area contributed by atoms with Crippen LogP contribution in [0.2, 0.25) is 0 Å².